The van der Waals surface area contributed by atoms with Crippen molar-refractivity contribution in [2.45, 2.75) is 25.5 Å². The van der Waals surface area contributed by atoms with E-state index in [4.69, 9.17) is 11.5 Å². The zero-order chi connectivity index (χ0) is 7.82. The van der Waals surface area contributed by atoms with Crippen LogP contribution in [0.25, 0.3) is 0 Å². The lowest BCUT2D eigenvalue weighted by Gasteiger charge is -2.07. The molecule has 0 saturated heterocycles. The quantitative estimate of drug-likeness (QED) is 0.303. The molecule has 4 nitrogen and oxygen atoms in total. The molecule has 4 N–H and O–H groups in total. The minimum Gasteiger partial charge on any atom is -0.449 e. The summed E-state index contributed by atoms with van der Waals surface area (Å²) >= 11 is 0. The first-order chi connectivity index (χ1) is 4.81. The molecule has 0 aliphatic carbocycles. The molecule has 0 rings (SSSR count). The van der Waals surface area contributed by atoms with Crippen LogP contribution < -0.4 is 11.5 Å². The number of carbonyl (C=O) groups is 1. The topological polar surface area (TPSA) is 78.3 Å². The number of unbranched alkanes of at least 4 members (excludes halogenated alkanes) is 1. The average molecular weight is 146 g/mol. The van der Waals surface area contributed by atoms with Crippen LogP contribution in [0.3, 0.4) is 0 Å². The summed E-state index contributed by atoms with van der Waals surface area (Å²) in [4.78, 5) is 9.72. The van der Waals surface area contributed by atoms with Crippen LogP contribution in [0, 0.1) is 0 Å². The number of carbonyl (C=O) groups excluding carboxylic acids is 1. The molecule has 0 fully saturated rings. The molecule has 0 aromatic heterocycles. The van der Waals surface area contributed by atoms with Crippen molar-refractivity contribution in [3.63, 3.8) is 0 Å². The average Bonchev–Trinajstić information content (AvgIpc) is 1.89. The highest BCUT2D eigenvalue weighted by Crippen LogP contribution is 1.97. The minimum absolute atomic E-state index is 0.368. The summed E-state index contributed by atoms with van der Waals surface area (Å²) < 4.78 is 4.44. The Hall–Kier alpha value is -0.610. The largest absolute Gasteiger partial charge is 0.449 e. The fraction of sp³-hybridized carbons (Fsp3) is 0.833. The molecular formula is C6H14N2O2. The fourth-order valence-corrected chi connectivity index (χ4v) is 0.629. The van der Waals surface area contributed by atoms with Gasteiger partial charge in [-0.1, -0.05) is 0 Å². The number of ether oxygens (including phenoxy) is 1. The standard InChI is InChI=1S/C6H14N2O2/c7-4-2-1-3-6(8)10-5-9/h5-6H,1-4,7-8H2/t6-/m1/s1. The van der Waals surface area contributed by atoms with Crippen molar-refractivity contribution in [3.8, 4) is 0 Å². The first kappa shape index (κ1) is 9.39. The van der Waals surface area contributed by atoms with E-state index in [0.717, 1.165) is 12.8 Å². The minimum atomic E-state index is -0.455. The number of hydrogen-bond donors (Lipinski definition) is 2. The maximum atomic E-state index is 9.72. The second-order valence-electron chi connectivity index (χ2n) is 2.06. The molecular weight excluding hydrogens is 132 g/mol. The Balaban J connectivity index is 3.04. The van der Waals surface area contributed by atoms with E-state index in [-0.39, 0.29) is 0 Å². The monoisotopic (exact) mass is 146 g/mol. The van der Waals surface area contributed by atoms with E-state index in [2.05, 4.69) is 4.74 Å². The third-order valence-corrected chi connectivity index (χ3v) is 1.17. The molecule has 10 heavy (non-hydrogen) atoms. The first-order valence-electron chi connectivity index (χ1n) is 3.36. The zero-order valence-corrected chi connectivity index (χ0v) is 5.95. The molecule has 60 valence electrons. The molecule has 0 aliphatic heterocycles. The summed E-state index contributed by atoms with van der Waals surface area (Å²) in [6.45, 7) is 1.03. The van der Waals surface area contributed by atoms with Crippen molar-refractivity contribution < 1.29 is 9.53 Å². The Morgan fingerprint density at radius 1 is 1.50 bits per heavy atom. The second kappa shape index (κ2) is 6.51. The van der Waals surface area contributed by atoms with Crippen LogP contribution in [-0.2, 0) is 9.53 Å². The normalized spacial score (nSPS) is 12.6. The van der Waals surface area contributed by atoms with Crippen LogP contribution in [-0.4, -0.2) is 19.2 Å². The van der Waals surface area contributed by atoms with Crippen LogP contribution in [0.2, 0.25) is 0 Å². The van der Waals surface area contributed by atoms with Crippen LogP contribution in [0.15, 0.2) is 0 Å². The Morgan fingerprint density at radius 2 is 2.20 bits per heavy atom. The Kier molecular flexibility index (Phi) is 6.11. The summed E-state index contributed by atoms with van der Waals surface area (Å²) in [6, 6.07) is 0. The van der Waals surface area contributed by atoms with Gasteiger partial charge in [0.2, 0.25) is 0 Å². The summed E-state index contributed by atoms with van der Waals surface area (Å²) in [7, 11) is 0. The number of hydrogen-bond acceptors (Lipinski definition) is 4. The maximum Gasteiger partial charge on any atom is 0.294 e. The molecule has 0 amide bonds. The molecule has 4 heteroatoms. The number of rotatable bonds is 6. The molecule has 0 radical (unpaired) electrons. The molecule has 0 unspecified atom stereocenters. The summed E-state index contributed by atoms with van der Waals surface area (Å²) in [5.41, 5.74) is 10.6. The van der Waals surface area contributed by atoms with Gasteiger partial charge in [-0.15, -0.1) is 0 Å². The smallest absolute Gasteiger partial charge is 0.294 e. The van der Waals surface area contributed by atoms with Crippen molar-refractivity contribution in [1.29, 1.82) is 0 Å². The van der Waals surface area contributed by atoms with Crippen molar-refractivity contribution in [1.82, 2.24) is 0 Å². The van der Waals surface area contributed by atoms with Crippen molar-refractivity contribution in [2.75, 3.05) is 6.54 Å². The van der Waals surface area contributed by atoms with E-state index < -0.39 is 6.23 Å². The van der Waals surface area contributed by atoms with E-state index in [9.17, 15) is 4.79 Å². The van der Waals surface area contributed by atoms with Crippen LogP contribution in [0.1, 0.15) is 19.3 Å². The Bertz CT molecular complexity index is 87.8. The highest BCUT2D eigenvalue weighted by atomic mass is 16.5. The molecule has 0 aromatic rings. The second-order valence-corrected chi connectivity index (χ2v) is 2.06. The summed E-state index contributed by atoms with van der Waals surface area (Å²) in [5, 5.41) is 0. The van der Waals surface area contributed by atoms with Gasteiger partial charge >= 0.3 is 0 Å². The molecule has 1 atom stereocenters. The third-order valence-electron chi connectivity index (χ3n) is 1.17. The van der Waals surface area contributed by atoms with Gasteiger partial charge in [-0.2, -0.15) is 0 Å². The Morgan fingerprint density at radius 3 is 2.70 bits per heavy atom. The molecule has 0 aromatic carbocycles. The van der Waals surface area contributed by atoms with Gasteiger partial charge < -0.3 is 10.5 Å². The van der Waals surface area contributed by atoms with E-state index in [1.54, 1.807) is 0 Å². The molecule has 0 heterocycles. The van der Waals surface area contributed by atoms with Gasteiger partial charge in [-0.25, -0.2) is 0 Å². The molecule has 0 aliphatic rings. The van der Waals surface area contributed by atoms with Gasteiger partial charge in [0.05, 0.1) is 0 Å². The van der Waals surface area contributed by atoms with Gasteiger partial charge in [-0.3, -0.25) is 10.5 Å². The highest BCUT2D eigenvalue weighted by molar-refractivity contribution is 5.37. The van der Waals surface area contributed by atoms with E-state index in [1.807, 2.05) is 0 Å². The number of nitrogens with two attached hydrogens (primary N) is 2. The van der Waals surface area contributed by atoms with E-state index >= 15 is 0 Å². The molecule has 0 bridgehead atoms. The first-order valence-corrected chi connectivity index (χ1v) is 3.36. The predicted octanol–water partition coefficient (Wildman–Crippen LogP) is -0.427. The lowest BCUT2D eigenvalue weighted by Crippen LogP contribution is -2.23. The van der Waals surface area contributed by atoms with Gasteiger partial charge in [0, 0.05) is 0 Å². The Labute approximate surface area is 60.5 Å². The fourth-order valence-electron chi connectivity index (χ4n) is 0.629. The van der Waals surface area contributed by atoms with E-state index in [0.29, 0.717) is 19.4 Å². The predicted molar refractivity (Wildman–Crippen MR) is 38.0 cm³/mol. The van der Waals surface area contributed by atoms with E-state index in [1.165, 1.54) is 0 Å². The highest BCUT2D eigenvalue weighted by Gasteiger charge is 1.99. The van der Waals surface area contributed by atoms with Gasteiger partial charge in [-0.05, 0) is 25.8 Å². The lowest BCUT2D eigenvalue weighted by molar-refractivity contribution is -0.133. The summed E-state index contributed by atoms with van der Waals surface area (Å²) in [5.74, 6) is 0. The SMILES string of the molecule is NCCCC[C@H](N)OC=O. The van der Waals surface area contributed by atoms with Gasteiger partial charge in [0.1, 0.15) is 0 Å². The van der Waals surface area contributed by atoms with Gasteiger partial charge in [0.25, 0.3) is 6.47 Å². The van der Waals surface area contributed by atoms with Crippen LogP contribution >= 0.6 is 0 Å². The molecule has 0 spiro atoms. The van der Waals surface area contributed by atoms with Crippen molar-refractivity contribution in [2.24, 2.45) is 11.5 Å². The third kappa shape index (κ3) is 5.53. The maximum absolute atomic E-state index is 9.72. The van der Waals surface area contributed by atoms with Crippen molar-refractivity contribution >= 4 is 6.47 Å². The van der Waals surface area contributed by atoms with Crippen molar-refractivity contribution in [3.05, 3.63) is 0 Å². The summed E-state index contributed by atoms with van der Waals surface area (Å²) in [6.07, 6.45) is 2.07. The lowest BCUT2D eigenvalue weighted by atomic mass is 10.2. The zero-order valence-electron chi connectivity index (χ0n) is 5.95. The van der Waals surface area contributed by atoms with Crippen LogP contribution in [0.5, 0.6) is 0 Å². The molecule has 0 saturated carbocycles. The van der Waals surface area contributed by atoms with Crippen LogP contribution in [0.4, 0.5) is 0 Å². The van der Waals surface area contributed by atoms with Gasteiger partial charge in [0.15, 0.2) is 6.23 Å².